The summed E-state index contributed by atoms with van der Waals surface area (Å²) >= 11 is 0. The number of aliphatic hydroxyl groups is 1. The van der Waals surface area contributed by atoms with Gasteiger partial charge in [-0.25, -0.2) is 0 Å². The summed E-state index contributed by atoms with van der Waals surface area (Å²) in [5.41, 5.74) is 6.56. The van der Waals surface area contributed by atoms with Gasteiger partial charge in [0.25, 0.3) is 0 Å². The van der Waals surface area contributed by atoms with Crippen molar-refractivity contribution in [1.82, 2.24) is 0 Å². The maximum atomic E-state index is 10.1. The van der Waals surface area contributed by atoms with E-state index in [1.807, 2.05) is 13.8 Å². The quantitative estimate of drug-likeness (QED) is 0.836. The summed E-state index contributed by atoms with van der Waals surface area (Å²) in [6.07, 6.45) is -0.974. The summed E-state index contributed by atoms with van der Waals surface area (Å²) < 4.78 is 10.7. The Balaban J connectivity index is 3.65. The predicted molar refractivity (Wildman–Crippen MR) is 72.8 cm³/mol. The lowest BCUT2D eigenvalue weighted by atomic mass is 9.86. The minimum Gasteiger partial charge on any atom is -0.389 e. The molecule has 1 N–H and O–H groups in total. The Morgan fingerprint density at radius 3 is 1.50 bits per heavy atom. The van der Waals surface area contributed by atoms with Crippen LogP contribution in [0.2, 0.25) is 0 Å². The topological polar surface area (TPSA) is 38.7 Å². The van der Waals surface area contributed by atoms with Crippen LogP contribution >= 0.6 is 0 Å². The first-order chi connectivity index (χ1) is 8.36. The summed E-state index contributed by atoms with van der Waals surface area (Å²) in [5, 5.41) is 10.1. The van der Waals surface area contributed by atoms with Crippen LogP contribution in [0.25, 0.3) is 0 Å². The maximum absolute atomic E-state index is 10.1. The Morgan fingerprint density at radius 2 is 1.17 bits per heavy atom. The van der Waals surface area contributed by atoms with Gasteiger partial charge in [-0.2, -0.15) is 0 Å². The molecule has 3 heteroatoms. The third-order valence-electron chi connectivity index (χ3n) is 3.87. The molecular formula is C15H24O3. The molecule has 0 aliphatic rings. The largest absolute Gasteiger partial charge is 0.389 e. The van der Waals surface area contributed by atoms with Gasteiger partial charge < -0.3 is 14.6 Å². The minimum absolute atomic E-state index is 0.437. The van der Waals surface area contributed by atoms with Crippen molar-refractivity contribution >= 4 is 0 Å². The van der Waals surface area contributed by atoms with Crippen molar-refractivity contribution in [3.63, 3.8) is 0 Å². The fraction of sp³-hybridized carbons (Fsp3) is 0.600. The highest BCUT2D eigenvalue weighted by atomic mass is 16.7. The summed E-state index contributed by atoms with van der Waals surface area (Å²) in [5.74, 6) is 0. The second-order valence-electron chi connectivity index (χ2n) is 4.81. The Morgan fingerprint density at radius 1 is 0.778 bits per heavy atom. The highest BCUT2D eigenvalue weighted by Crippen LogP contribution is 2.36. The molecule has 1 atom stereocenters. The van der Waals surface area contributed by atoms with Gasteiger partial charge in [-0.1, -0.05) is 0 Å². The van der Waals surface area contributed by atoms with E-state index < -0.39 is 12.4 Å². The number of ether oxygens (including phenoxy) is 2. The van der Waals surface area contributed by atoms with Crippen LogP contribution in [0.1, 0.15) is 52.7 Å². The Kier molecular flexibility index (Phi) is 4.91. The molecule has 0 saturated heterocycles. The second-order valence-corrected chi connectivity index (χ2v) is 4.81. The molecule has 0 amide bonds. The fourth-order valence-corrected chi connectivity index (χ4v) is 2.54. The number of rotatable bonds is 4. The first-order valence-electron chi connectivity index (χ1n) is 6.20. The van der Waals surface area contributed by atoms with Crippen molar-refractivity contribution in [2.75, 3.05) is 14.2 Å². The van der Waals surface area contributed by atoms with Gasteiger partial charge in [0.05, 0.1) is 6.10 Å². The van der Waals surface area contributed by atoms with E-state index in [1.165, 1.54) is 11.1 Å². The standard InChI is InChI=1S/C15H24O3/c1-8-9(2)11(4)14(15(17-6)18-7)13(10(8)3)12(5)16/h12,15-16H,1-7H3. The average molecular weight is 252 g/mol. The van der Waals surface area contributed by atoms with E-state index in [9.17, 15) is 5.11 Å². The molecule has 0 heterocycles. The number of benzene rings is 1. The van der Waals surface area contributed by atoms with Crippen molar-refractivity contribution in [2.24, 2.45) is 0 Å². The van der Waals surface area contributed by atoms with Crippen LogP contribution in [0, 0.1) is 27.7 Å². The molecule has 0 spiro atoms. The first kappa shape index (κ1) is 15.2. The Labute approximate surface area is 110 Å². The zero-order chi connectivity index (χ0) is 14.0. The lowest BCUT2D eigenvalue weighted by Gasteiger charge is -2.26. The lowest BCUT2D eigenvalue weighted by Crippen LogP contribution is -2.15. The van der Waals surface area contributed by atoms with E-state index in [0.29, 0.717) is 0 Å². The van der Waals surface area contributed by atoms with E-state index in [4.69, 9.17) is 9.47 Å². The van der Waals surface area contributed by atoms with Crippen LogP contribution in [0.4, 0.5) is 0 Å². The summed E-state index contributed by atoms with van der Waals surface area (Å²) in [7, 11) is 3.23. The molecule has 0 radical (unpaired) electrons. The van der Waals surface area contributed by atoms with Crippen LogP contribution in [-0.4, -0.2) is 19.3 Å². The van der Waals surface area contributed by atoms with Gasteiger partial charge >= 0.3 is 0 Å². The van der Waals surface area contributed by atoms with E-state index in [2.05, 4.69) is 13.8 Å². The molecule has 18 heavy (non-hydrogen) atoms. The van der Waals surface area contributed by atoms with Crippen molar-refractivity contribution in [1.29, 1.82) is 0 Å². The molecule has 0 aromatic heterocycles. The Hall–Kier alpha value is -0.900. The number of hydrogen-bond donors (Lipinski definition) is 1. The zero-order valence-corrected chi connectivity index (χ0v) is 12.4. The summed E-state index contributed by atoms with van der Waals surface area (Å²) in [4.78, 5) is 0. The van der Waals surface area contributed by atoms with Crippen molar-refractivity contribution in [3.8, 4) is 0 Å². The van der Waals surface area contributed by atoms with E-state index in [0.717, 1.165) is 22.3 Å². The van der Waals surface area contributed by atoms with Gasteiger partial charge in [-0.3, -0.25) is 0 Å². The molecule has 0 bridgehead atoms. The SMILES string of the molecule is COC(OC)c1c(C)c(C)c(C)c(C)c1C(C)O. The lowest BCUT2D eigenvalue weighted by molar-refractivity contribution is -0.107. The molecule has 3 nitrogen and oxygen atoms in total. The average Bonchev–Trinajstić information content (AvgIpc) is 2.33. The molecule has 1 unspecified atom stereocenters. The molecule has 0 fully saturated rings. The molecule has 1 aromatic carbocycles. The van der Waals surface area contributed by atoms with Crippen molar-refractivity contribution < 1.29 is 14.6 Å². The Bertz CT molecular complexity index is 432. The third kappa shape index (κ3) is 2.44. The normalized spacial score (nSPS) is 13.2. The molecule has 102 valence electrons. The van der Waals surface area contributed by atoms with Gasteiger partial charge in [-0.05, 0) is 62.4 Å². The van der Waals surface area contributed by atoms with Gasteiger partial charge in [-0.15, -0.1) is 0 Å². The zero-order valence-electron chi connectivity index (χ0n) is 12.4. The fourth-order valence-electron chi connectivity index (χ4n) is 2.54. The van der Waals surface area contributed by atoms with Crippen molar-refractivity contribution in [2.45, 2.75) is 47.0 Å². The molecule has 1 aromatic rings. The molecule has 0 saturated carbocycles. The first-order valence-corrected chi connectivity index (χ1v) is 6.20. The molecule has 0 aliphatic carbocycles. The van der Waals surface area contributed by atoms with Crippen LogP contribution < -0.4 is 0 Å². The molecule has 1 rings (SSSR count). The molecule has 0 aliphatic heterocycles. The van der Waals surface area contributed by atoms with Crippen LogP contribution in [-0.2, 0) is 9.47 Å². The molecular weight excluding hydrogens is 228 g/mol. The number of methoxy groups -OCH3 is 2. The third-order valence-corrected chi connectivity index (χ3v) is 3.87. The van der Waals surface area contributed by atoms with Gasteiger partial charge in [0.1, 0.15) is 0 Å². The van der Waals surface area contributed by atoms with Crippen LogP contribution in [0.3, 0.4) is 0 Å². The van der Waals surface area contributed by atoms with Crippen LogP contribution in [0.15, 0.2) is 0 Å². The smallest absolute Gasteiger partial charge is 0.183 e. The van der Waals surface area contributed by atoms with Gasteiger partial charge in [0.15, 0.2) is 6.29 Å². The predicted octanol–water partition coefficient (Wildman–Crippen LogP) is 3.26. The van der Waals surface area contributed by atoms with Gasteiger partial charge in [0.2, 0.25) is 0 Å². The monoisotopic (exact) mass is 252 g/mol. The second kappa shape index (κ2) is 5.83. The summed E-state index contributed by atoms with van der Waals surface area (Å²) in [6.45, 7) is 10.0. The number of hydrogen-bond acceptors (Lipinski definition) is 3. The van der Waals surface area contributed by atoms with Crippen molar-refractivity contribution in [3.05, 3.63) is 33.4 Å². The van der Waals surface area contributed by atoms with E-state index in [-0.39, 0.29) is 0 Å². The van der Waals surface area contributed by atoms with E-state index >= 15 is 0 Å². The van der Waals surface area contributed by atoms with Gasteiger partial charge in [0, 0.05) is 19.8 Å². The minimum atomic E-state index is -0.536. The van der Waals surface area contributed by atoms with Crippen LogP contribution in [0.5, 0.6) is 0 Å². The summed E-state index contributed by atoms with van der Waals surface area (Å²) in [6, 6.07) is 0. The number of aliphatic hydroxyl groups excluding tert-OH is 1. The maximum Gasteiger partial charge on any atom is 0.183 e. The van der Waals surface area contributed by atoms with E-state index in [1.54, 1.807) is 21.1 Å². The highest BCUT2D eigenvalue weighted by Gasteiger charge is 2.24. The highest BCUT2D eigenvalue weighted by molar-refractivity contribution is 5.51.